The summed E-state index contributed by atoms with van der Waals surface area (Å²) in [6, 6.07) is 9.48. The van der Waals surface area contributed by atoms with E-state index in [2.05, 4.69) is 6.07 Å². The van der Waals surface area contributed by atoms with Crippen LogP contribution in [-0.2, 0) is 11.4 Å². The molecule has 0 spiro atoms. The van der Waals surface area contributed by atoms with Gasteiger partial charge < -0.3 is 4.55 Å². The topological polar surface area (TPSA) is 49.9 Å². The molecule has 4 heteroatoms. The van der Waals surface area contributed by atoms with E-state index in [1.807, 2.05) is 31.2 Å². The van der Waals surface area contributed by atoms with Crippen LogP contribution in [0.3, 0.4) is 0 Å². The molecule has 1 heterocycles. The van der Waals surface area contributed by atoms with Crippen LogP contribution >= 0.6 is 0 Å². The lowest BCUT2D eigenvalue weighted by molar-refractivity contribution is 0.558. The highest BCUT2D eigenvalue weighted by molar-refractivity contribution is 7.89. The lowest BCUT2D eigenvalue weighted by atomic mass is 10.2. The van der Waals surface area contributed by atoms with E-state index in [4.69, 9.17) is 5.26 Å². The van der Waals surface area contributed by atoms with Crippen molar-refractivity contribution in [1.29, 1.82) is 5.26 Å². The van der Waals surface area contributed by atoms with Gasteiger partial charge in [0.15, 0.2) is 10.9 Å². The second kappa shape index (κ2) is 3.62. The Labute approximate surface area is 86.3 Å². The van der Waals surface area contributed by atoms with E-state index in [0.717, 1.165) is 10.5 Å². The van der Waals surface area contributed by atoms with Gasteiger partial charge in [0.2, 0.25) is 0 Å². The summed E-state index contributed by atoms with van der Waals surface area (Å²) in [7, 11) is 0. The second-order valence-electron chi connectivity index (χ2n) is 3.31. The van der Waals surface area contributed by atoms with Crippen molar-refractivity contribution >= 4 is 11.4 Å². The predicted octanol–water partition coefficient (Wildman–Crippen LogP) is 1.23. The normalized spacial score (nSPS) is 26.6. The zero-order valence-corrected chi connectivity index (χ0v) is 8.62. The molecule has 0 amide bonds. The standard InChI is InChI=1S/C10H10N2OS/c1-8-2-4-10(5-3-8)14(13)12-7-9(12)6-11/h2-5,9H,7H2,1H3. The molecule has 0 aromatic heterocycles. The van der Waals surface area contributed by atoms with Crippen LogP contribution in [0, 0.1) is 18.3 Å². The minimum Gasteiger partial charge on any atom is -0.593 e. The van der Waals surface area contributed by atoms with Gasteiger partial charge in [-0.25, -0.2) is 0 Å². The largest absolute Gasteiger partial charge is 0.593 e. The first kappa shape index (κ1) is 9.53. The summed E-state index contributed by atoms with van der Waals surface area (Å²) in [4.78, 5) is 0.772. The van der Waals surface area contributed by atoms with E-state index >= 15 is 0 Å². The number of aryl methyl sites for hydroxylation is 1. The third kappa shape index (κ3) is 1.75. The molecule has 1 aliphatic rings. The molecule has 0 radical (unpaired) electrons. The van der Waals surface area contributed by atoms with Crippen LogP contribution in [0.15, 0.2) is 29.2 Å². The van der Waals surface area contributed by atoms with Crippen LogP contribution < -0.4 is 0 Å². The van der Waals surface area contributed by atoms with E-state index < -0.39 is 11.4 Å². The number of nitriles is 1. The Morgan fingerprint density at radius 1 is 1.50 bits per heavy atom. The first-order valence-electron chi connectivity index (χ1n) is 4.37. The molecule has 1 fully saturated rings. The van der Waals surface area contributed by atoms with Gasteiger partial charge in [-0.2, -0.15) is 5.26 Å². The summed E-state index contributed by atoms with van der Waals surface area (Å²) in [6.45, 7) is 2.61. The van der Waals surface area contributed by atoms with Crippen molar-refractivity contribution in [2.45, 2.75) is 17.9 Å². The van der Waals surface area contributed by atoms with E-state index in [0.29, 0.717) is 6.54 Å². The molecule has 0 N–H and O–H groups in total. The van der Waals surface area contributed by atoms with E-state index in [-0.39, 0.29) is 6.04 Å². The highest BCUT2D eigenvalue weighted by Crippen LogP contribution is 2.27. The van der Waals surface area contributed by atoms with Crippen LogP contribution in [0.25, 0.3) is 0 Å². The molecule has 3 atom stereocenters. The molecule has 2 rings (SSSR count). The maximum absolute atomic E-state index is 11.8. The van der Waals surface area contributed by atoms with Crippen LogP contribution in [0.1, 0.15) is 5.56 Å². The van der Waals surface area contributed by atoms with Crippen LogP contribution in [0.4, 0.5) is 0 Å². The number of rotatable bonds is 2. The number of nitrogens with zero attached hydrogens (tertiary/aromatic N) is 2. The molecule has 1 aromatic carbocycles. The molecule has 0 saturated carbocycles. The lowest BCUT2D eigenvalue weighted by Gasteiger charge is -2.08. The van der Waals surface area contributed by atoms with Gasteiger partial charge in [0.05, 0.1) is 24.0 Å². The highest BCUT2D eigenvalue weighted by atomic mass is 32.2. The maximum atomic E-state index is 11.8. The Morgan fingerprint density at radius 3 is 2.64 bits per heavy atom. The minimum atomic E-state index is -1.15. The molecular formula is C10H10N2OS. The third-order valence-corrected chi connectivity index (χ3v) is 3.66. The van der Waals surface area contributed by atoms with Gasteiger partial charge in [0.1, 0.15) is 0 Å². The molecule has 0 bridgehead atoms. The van der Waals surface area contributed by atoms with Crippen LogP contribution in [0.2, 0.25) is 0 Å². The van der Waals surface area contributed by atoms with E-state index in [9.17, 15) is 4.55 Å². The predicted molar refractivity (Wildman–Crippen MR) is 53.7 cm³/mol. The monoisotopic (exact) mass is 206 g/mol. The molecule has 3 nitrogen and oxygen atoms in total. The summed E-state index contributed by atoms with van der Waals surface area (Å²) in [5.74, 6) is 0. The highest BCUT2D eigenvalue weighted by Gasteiger charge is 2.45. The second-order valence-corrected chi connectivity index (χ2v) is 4.75. The molecule has 1 saturated heterocycles. The Bertz CT molecular complexity index is 371. The van der Waals surface area contributed by atoms with Gasteiger partial charge in [-0.15, -0.1) is 4.31 Å². The lowest BCUT2D eigenvalue weighted by Crippen LogP contribution is -2.13. The fourth-order valence-electron chi connectivity index (χ4n) is 1.20. The van der Waals surface area contributed by atoms with Crippen LogP contribution in [0.5, 0.6) is 0 Å². The molecular weight excluding hydrogens is 196 g/mol. The van der Waals surface area contributed by atoms with Crippen molar-refractivity contribution in [2.24, 2.45) is 0 Å². The Kier molecular flexibility index (Phi) is 2.46. The molecule has 1 aromatic rings. The Hall–Kier alpha value is -1.02. The summed E-state index contributed by atoms with van der Waals surface area (Å²) in [5.41, 5.74) is 1.15. The van der Waals surface area contributed by atoms with Gasteiger partial charge >= 0.3 is 0 Å². The third-order valence-electron chi connectivity index (χ3n) is 2.15. The average Bonchev–Trinajstić information content (AvgIpc) is 2.97. The summed E-state index contributed by atoms with van der Waals surface area (Å²) < 4.78 is 13.4. The van der Waals surface area contributed by atoms with Crippen molar-refractivity contribution in [3.05, 3.63) is 29.8 Å². The van der Waals surface area contributed by atoms with E-state index in [1.54, 1.807) is 4.31 Å². The maximum Gasteiger partial charge on any atom is 0.174 e. The van der Waals surface area contributed by atoms with Gasteiger partial charge in [-0.05, 0) is 19.1 Å². The molecule has 14 heavy (non-hydrogen) atoms. The van der Waals surface area contributed by atoms with Crippen molar-refractivity contribution in [3.8, 4) is 6.07 Å². The minimum absolute atomic E-state index is 0.155. The fourth-order valence-corrected chi connectivity index (χ4v) is 2.40. The summed E-state index contributed by atoms with van der Waals surface area (Å²) in [5, 5.41) is 8.59. The number of benzene rings is 1. The van der Waals surface area contributed by atoms with Crippen molar-refractivity contribution in [1.82, 2.24) is 4.31 Å². The van der Waals surface area contributed by atoms with Gasteiger partial charge in [-0.3, -0.25) is 0 Å². The first-order valence-corrected chi connectivity index (χ1v) is 5.48. The smallest absolute Gasteiger partial charge is 0.174 e. The molecule has 72 valence electrons. The number of hydrogen-bond acceptors (Lipinski definition) is 3. The fraction of sp³-hybridized carbons (Fsp3) is 0.300. The van der Waals surface area contributed by atoms with Crippen molar-refractivity contribution in [2.75, 3.05) is 6.54 Å². The molecule has 3 unspecified atom stereocenters. The van der Waals surface area contributed by atoms with Crippen molar-refractivity contribution in [3.63, 3.8) is 0 Å². The Morgan fingerprint density at radius 2 is 2.14 bits per heavy atom. The summed E-state index contributed by atoms with van der Waals surface area (Å²) in [6.07, 6.45) is 0. The van der Waals surface area contributed by atoms with E-state index in [1.165, 1.54) is 0 Å². The molecule has 0 aliphatic carbocycles. The van der Waals surface area contributed by atoms with Crippen molar-refractivity contribution < 1.29 is 4.55 Å². The number of hydrogen-bond donors (Lipinski definition) is 0. The zero-order chi connectivity index (χ0) is 10.1. The average molecular weight is 206 g/mol. The quantitative estimate of drug-likeness (QED) is 0.540. The Balaban J connectivity index is 2.09. The molecule has 1 aliphatic heterocycles. The zero-order valence-electron chi connectivity index (χ0n) is 7.80. The van der Waals surface area contributed by atoms with Gasteiger partial charge in [0, 0.05) is 0 Å². The van der Waals surface area contributed by atoms with Gasteiger partial charge in [0.25, 0.3) is 0 Å². The first-order chi connectivity index (χ1) is 6.72. The summed E-state index contributed by atoms with van der Waals surface area (Å²) >= 11 is -1.15. The SMILES string of the molecule is Cc1ccc([S+]([O-])N2CC2C#N)cc1. The van der Waals surface area contributed by atoms with Gasteiger partial charge in [-0.1, -0.05) is 17.7 Å². The van der Waals surface area contributed by atoms with Crippen LogP contribution in [-0.4, -0.2) is 21.4 Å².